The summed E-state index contributed by atoms with van der Waals surface area (Å²) in [6.45, 7) is 15.1. The van der Waals surface area contributed by atoms with Gasteiger partial charge in [0, 0.05) is 49.4 Å². The maximum atomic E-state index is 5.03. The average Bonchev–Trinajstić information content (AvgIpc) is 0.811. The van der Waals surface area contributed by atoms with Gasteiger partial charge in [0.05, 0.1) is 0 Å². The fourth-order valence-electron chi connectivity index (χ4n) is 0. The van der Waals surface area contributed by atoms with Gasteiger partial charge >= 0.3 is 46.0 Å². The molecule has 0 saturated carbocycles. The Morgan fingerprint density at radius 2 is 1.00 bits per heavy atom. The Hall–Kier alpha value is 3.65. The number of hydrogen-bond donors (Lipinski definition) is 0. The van der Waals surface area contributed by atoms with Gasteiger partial charge in [-0.15, -0.1) is 0 Å². The fourth-order valence-corrected chi connectivity index (χ4v) is 0. The minimum atomic E-state index is -2.31. The SMILES string of the molecule is [Cl][La]([Cl])[Cl].[Eu]. The summed E-state index contributed by atoms with van der Waals surface area (Å²) in [7, 11) is 0. The summed E-state index contributed by atoms with van der Waals surface area (Å²) in [6.07, 6.45) is 0. The Morgan fingerprint density at radius 3 is 1.00 bits per heavy atom. The normalized spacial score (nSPS) is 5.40. The molecule has 0 aromatic rings. The second kappa shape index (κ2) is 7.65. The first-order chi connectivity index (χ1) is 1.73. The Labute approximate surface area is 92.2 Å². The molecule has 0 saturated heterocycles. The van der Waals surface area contributed by atoms with E-state index in [1.807, 2.05) is 0 Å². The molecule has 0 atom stereocenters. The Morgan fingerprint density at radius 1 is 1.00 bits per heavy atom. The molecule has 0 bridgehead atoms. The molecule has 0 aliphatic heterocycles. The van der Waals surface area contributed by atoms with Crippen LogP contribution in [0.2, 0.25) is 0 Å². The molecule has 5 heavy (non-hydrogen) atoms. The largest absolute Gasteiger partial charge is 0 e. The van der Waals surface area contributed by atoms with Crippen molar-refractivity contribution < 1.29 is 75.0 Å². The van der Waals surface area contributed by atoms with Crippen molar-refractivity contribution in [1.29, 1.82) is 0 Å². The van der Waals surface area contributed by atoms with E-state index in [0.29, 0.717) is 0 Å². The zero-order valence-electron chi connectivity index (χ0n) is 2.09. The third-order valence-corrected chi connectivity index (χ3v) is 0. The Bertz CT molecular complexity index is 11.6. The van der Waals surface area contributed by atoms with Gasteiger partial charge in [-0.1, -0.05) is 0 Å². The van der Waals surface area contributed by atoms with Gasteiger partial charge in [0.1, 0.15) is 0 Å². The molecule has 0 fully saturated rings. The maximum Gasteiger partial charge on any atom is 0 e. The topological polar surface area (TPSA) is 0 Å². The summed E-state index contributed by atoms with van der Waals surface area (Å²) >= 11 is -2.31. The molecule has 0 aromatic heterocycles. The summed E-state index contributed by atoms with van der Waals surface area (Å²) in [5.41, 5.74) is 0. The zero-order chi connectivity index (χ0) is 3.58. The monoisotopic (exact) mass is 397 g/mol. The van der Waals surface area contributed by atoms with Crippen molar-refractivity contribution in [2.45, 2.75) is 0 Å². The van der Waals surface area contributed by atoms with Crippen LogP contribution < -0.4 is 0 Å². The third kappa shape index (κ3) is 18.3. The molecular formula is Cl3EuLa. The van der Waals surface area contributed by atoms with Crippen LogP contribution in [0.1, 0.15) is 0 Å². The first-order valence-electron chi connectivity index (χ1n) is 0.655. The van der Waals surface area contributed by atoms with Crippen molar-refractivity contribution in [2.24, 2.45) is 0 Å². The Kier molecular flexibility index (Phi) is 17.5. The molecule has 0 aliphatic carbocycles. The van der Waals surface area contributed by atoms with Crippen molar-refractivity contribution in [1.82, 2.24) is 0 Å². The molecule has 0 spiro atoms. The minimum absolute atomic E-state index is 0. The quantitative estimate of drug-likeness (QED) is 0.587. The van der Waals surface area contributed by atoms with E-state index in [-0.39, 0.29) is 49.4 Å². The molecule has 0 amide bonds. The van der Waals surface area contributed by atoms with Crippen LogP contribution in [0.4, 0.5) is 0 Å². The van der Waals surface area contributed by atoms with Gasteiger partial charge in [0.2, 0.25) is 0 Å². The standard InChI is InChI=1S/3ClH.Eu.La/h3*1H;;/q;;;;+3/p-3. The number of rotatable bonds is 0. The summed E-state index contributed by atoms with van der Waals surface area (Å²) in [6, 6.07) is 0. The van der Waals surface area contributed by atoms with Crippen LogP contribution in [0.15, 0.2) is 0 Å². The summed E-state index contributed by atoms with van der Waals surface area (Å²) in [5.74, 6) is 0. The molecule has 0 aliphatic rings. The van der Waals surface area contributed by atoms with Crippen molar-refractivity contribution in [2.75, 3.05) is 0 Å². The van der Waals surface area contributed by atoms with E-state index in [2.05, 4.69) is 0 Å². The van der Waals surface area contributed by atoms with Crippen molar-refractivity contribution in [3.05, 3.63) is 0 Å². The van der Waals surface area contributed by atoms with E-state index in [1.165, 1.54) is 0 Å². The minimum Gasteiger partial charge on any atom is 0 e. The van der Waals surface area contributed by atoms with E-state index in [0.717, 1.165) is 0 Å². The smallest absolute Gasteiger partial charge is 0 e. The molecular weight excluding hydrogens is 397 g/mol. The van der Waals surface area contributed by atoms with E-state index >= 15 is 0 Å². The van der Waals surface area contributed by atoms with Gasteiger partial charge in [0.25, 0.3) is 0 Å². The van der Waals surface area contributed by atoms with Gasteiger partial charge in [-0.3, -0.25) is 0 Å². The Balaban J connectivity index is 0. The first kappa shape index (κ1) is 11.4. The molecule has 0 rings (SSSR count). The van der Waals surface area contributed by atoms with Crippen LogP contribution in [0, 0.1) is 75.0 Å². The predicted octanol–water partition coefficient (Wildman–Crippen LogP) is 2.07. The summed E-state index contributed by atoms with van der Waals surface area (Å²) in [5, 5.41) is 0. The van der Waals surface area contributed by atoms with Gasteiger partial charge < -0.3 is 0 Å². The molecule has 31 valence electrons. The van der Waals surface area contributed by atoms with Crippen LogP contribution in [0.3, 0.4) is 0 Å². The maximum absolute atomic E-state index is 5.03. The molecule has 1 radical (unpaired) electrons. The molecule has 0 N–H and O–H groups in total. The van der Waals surface area contributed by atoms with Crippen molar-refractivity contribution in [3.8, 4) is 0 Å². The van der Waals surface area contributed by atoms with E-state index in [9.17, 15) is 0 Å². The molecule has 0 unspecified atom stereocenters. The molecule has 0 aromatic carbocycles. The molecule has 0 heterocycles. The average molecular weight is 397 g/mol. The van der Waals surface area contributed by atoms with E-state index in [1.54, 1.807) is 0 Å². The number of halogens is 3. The van der Waals surface area contributed by atoms with Crippen LogP contribution in [0.5, 0.6) is 0 Å². The van der Waals surface area contributed by atoms with Gasteiger partial charge in [0.15, 0.2) is 0 Å². The first-order valence-corrected chi connectivity index (χ1v) is 14.3. The summed E-state index contributed by atoms with van der Waals surface area (Å²) in [4.78, 5) is 0. The van der Waals surface area contributed by atoms with Crippen LogP contribution in [0.25, 0.3) is 0 Å². The van der Waals surface area contributed by atoms with Crippen LogP contribution in [-0.4, -0.2) is 0 Å². The van der Waals surface area contributed by atoms with Crippen LogP contribution in [-0.2, 0) is 0 Å². The van der Waals surface area contributed by atoms with E-state index < -0.39 is 25.7 Å². The molecule has 0 nitrogen and oxygen atoms in total. The third-order valence-electron chi connectivity index (χ3n) is 0. The van der Waals surface area contributed by atoms with Crippen molar-refractivity contribution >= 4 is 20.4 Å². The van der Waals surface area contributed by atoms with Gasteiger partial charge in [-0.2, -0.15) is 0 Å². The summed E-state index contributed by atoms with van der Waals surface area (Å²) < 4.78 is 0. The fraction of sp³-hybridized carbons (Fsp3) is 0. The predicted molar refractivity (Wildman–Crippen MR) is 17.6 cm³/mol. The second-order valence-electron chi connectivity index (χ2n) is 0.247. The van der Waals surface area contributed by atoms with Gasteiger partial charge in [-0.05, 0) is 0 Å². The molecule has 5 heteroatoms. The zero-order valence-corrected chi connectivity index (χ0v) is 10.4. The van der Waals surface area contributed by atoms with Crippen LogP contribution >= 0.6 is 20.4 Å². The van der Waals surface area contributed by atoms with E-state index in [4.69, 9.17) is 20.4 Å². The number of hydrogen-bond acceptors (Lipinski definition) is 0. The van der Waals surface area contributed by atoms with Crippen molar-refractivity contribution in [3.63, 3.8) is 0 Å². The van der Waals surface area contributed by atoms with Gasteiger partial charge in [-0.25, -0.2) is 0 Å². The second-order valence-corrected chi connectivity index (χ2v) is 16.2.